The molecule has 0 saturated carbocycles. The Bertz CT molecular complexity index is 929. The lowest BCUT2D eigenvalue weighted by Gasteiger charge is -2.16. The number of nitrogens with one attached hydrogen (secondary N) is 2. The highest BCUT2D eigenvalue weighted by Gasteiger charge is 2.33. The van der Waals surface area contributed by atoms with Crippen molar-refractivity contribution >= 4 is 28.7 Å². The van der Waals surface area contributed by atoms with Crippen LogP contribution in [0.2, 0.25) is 0 Å². The third kappa shape index (κ3) is 4.20. The van der Waals surface area contributed by atoms with Crippen LogP contribution in [0, 0.1) is 0 Å². The number of halogens is 3. The minimum atomic E-state index is -4.50. The summed E-state index contributed by atoms with van der Waals surface area (Å²) in [6.07, 6.45) is -3.30. The van der Waals surface area contributed by atoms with E-state index >= 15 is 0 Å². The number of para-hydroxylation sites is 1. The minimum Gasteiger partial charge on any atom is -0.497 e. The number of rotatable bonds is 5. The molecule has 9 heteroatoms. The van der Waals surface area contributed by atoms with Crippen molar-refractivity contribution in [2.45, 2.75) is 6.18 Å². The van der Waals surface area contributed by atoms with Gasteiger partial charge in [-0.05, 0) is 36.4 Å². The largest absolute Gasteiger partial charge is 0.497 e. The molecule has 4 N–H and O–H groups in total. The molecule has 1 aromatic heterocycles. The van der Waals surface area contributed by atoms with Crippen molar-refractivity contribution in [1.29, 1.82) is 0 Å². The van der Waals surface area contributed by atoms with Gasteiger partial charge in [-0.1, -0.05) is 12.1 Å². The van der Waals surface area contributed by atoms with Gasteiger partial charge in [0.1, 0.15) is 17.8 Å². The van der Waals surface area contributed by atoms with E-state index in [0.29, 0.717) is 11.4 Å². The summed E-state index contributed by atoms with van der Waals surface area (Å²) < 4.78 is 44.5. The highest BCUT2D eigenvalue weighted by molar-refractivity contribution is 5.80. The molecule has 0 fully saturated rings. The number of benzene rings is 2. The van der Waals surface area contributed by atoms with Crippen molar-refractivity contribution in [2.75, 3.05) is 23.5 Å². The highest BCUT2D eigenvalue weighted by Crippen LogP contribution is 2.37. The van der Waals surface area contributed by atoms with Crippen LogP contribution in [0.3, 0.4) is 0 Å². The molecule has 0 aliphatic carbocycles. The summed E-state index contributed by atoms with van der Waals surface area (Å²) in [5.41, 5.74) is 5.85. The molecule has 3 rings (SSSR count). The minimum absolute atomic E-state index is 0.0673. The Kier molecular flexibility index (Phi) is 5.02. The summed E-state index contributed by atoms with van der Waals surface area (Å²) in [7, 11) is 1.56. The number of ether oxygens (including phenoxy) is 1. The molecule has 0 bridgehead atoms. The molecule has 0 saturated heterocycles. The Morgan fingerprint density at radius 1 is 0.926 bits per heavy atom. The number of hydrogen-bond donors (Lipinski definition) is 3. The Hall–Kier alpha value is -3.49. The molecule has 27 heavy (non-hydrogen) atoms. The Morgan fingerprint density at radius 2 is 1.56 bits per heavy atom. The van der Waals surface area contributed by atoms with Crippen LogP contribution in [0.1, 0.15) is 5.56 Å². The summed E-state index contributed by atoms with van der Waals surface area (Å²) in [5, 5.41) is 5.64. The number of anilines is 5. The molecule has 0 unspecified atom stereocenters. The van der Waals surface area contributed by atoms with Crippen LogP contribution in [0.4, 0.5) is 41.9 Å². The molecule has 140 valence electrons. The van der Waals surface area contributed by atoms with E-state index in [9.17, 15) is 13.2 Å². The lowest BCUT2D eigenvalue weighted by Crippen LogP contribution is -2.10. The van der Waals surface area contributed by atoms with Crippen LogP contribution in [0.15, 0.2) is 54.9 Å². The lowest BCUT2D eigenvalue weighted by atomic mass is 10.1. The van der Waals surface area contributed by atoms with Crippen LogP contribution >= 0.6 is 0 Å². The SMILES string of the molecule is COc1ccc(Nc2ncnc(Nc3ccccc3C(F)(F)F)c2N)cc1. The third-order valence-electron chi connectivity index (χ3n) is 3.72. The van der Waals surface area contributed by atoms with Gasteiger partial charge in [0.05, 0.1) is 18.4 Å². The van der Waals surface area contributed by atoms with Gasteiger partial charge >= 0.3 is 6.18 Å². The summed E-state index contributed by atoms with van der Waals surface area (Å²) in [6, 6.07) is 12.1. The van der Waals surface area contributed by atoms with Crippen molar-refractivity contribution in [3.63, 3.8) is 0 Å². The van der Waals surface area contributed by atoms with Gasteiger partial charge < -0.3 is 21.1 Å². The molecular weight excluding hydrogens is 359 g/mol. The number of nitrogens with two attached hydrogens (primary N) is 1. The fraction of sp³-hybridized carbons (Fsp3) is 0.111. The van der Waals surface area contributed by atoms with Crippen LogP contribution in [0.5, 0.6) is 5.75 Å². The van der Waals surface area contributed by atoms with E-state index in [0.717, 1.165) is 6.07 Å². The van der Waals surface area contributed by atoms with E-state index < -0.39 is 11.7 Å². The molecule has 0 aliphatic rings. The normalized spacial score (nSPS) is 11.1. The first-order valence-corrected chi connectivity index (χ1v) is 7.83. The zero-order valence-corrected chi connectivity index (χ0v) is 14.2. The second kappa shape index (κ2) is 7.40. The van der Waals surface area contributed by atoms with Crippen molar-refractivity contribution in [3.8, 4) is 5.75 Å². The first-order valence-electron chi connectivity index (χ1n) is 7.83. The molecule has 0 atom stereocenters. The smallest absolute Gasteiger partial charge is 0.418 e. The molecule has 2 aromatic carbocycles. The van der Waals surface area contributed by atoms with Crippen LogP contribution in [0.25, 0.3) is 0 Å². The van der Waals surface area contributed by atoms with Crippen molar-refractivity contribution in [3.05, 3.63) is 60.4 Å². The Labute approximate surface area is 153 Å². The summed E-state index contributed by atoms with van der Waals surface area (Å²) in [4.78, 5) is 8.00. The number of hydrogen-bond acceptors (Lipinski definition) is 6. The van der Waals surface area contributed by atoms with E-state index in [1.54, 1.807) is 31.4 Å². The molecular formula is C18H16F3N5O. The first kappa shape index (κ1) is 18.3. The number of aromatic nitrogens is 2. The zero-order chi connectivity index (χ0) is 19.4. The van der Waals surface area contributed by atoms with Gasteiger partial charge in [-0.15, -0.1) is 0 Å². The monoisotopic (exact) mass is 375 g/mol. The van der Waals surface area contributed by atoms with Crippen LogP contribution in [-0.4, -0.2) is 17.1 Å². The van der Waals surface area contributed by atoms with Gasteiger partial charge in [0.15, 0.2) is 11.6 Å². The topological polar surface area (TPSA) is 85.1 Å². The van der Waals surface area contributed by atoms with Gasteiger partial charge in [0.2, 0.25) is 0 Å². The van der Waals surface area contributed by atoms with Crippen molar-refractivity contribution < 1.29 is 17.9 Å². The van der Waals surface area contributed by atoms with Crippen LogP contribution in [-0.2, 0) is 6.18 Å². The highest BCUT2D eigenvalue weighted by atomic mass is 19.4. The Morgan fingerprint density at radius 3 is 2.19 bits per heavy atom. The fourth-order valence-electron chi connectivity index (χ4n) is 2.37. The number of nitrogen functional groups attached to an aromatic ring is 1. The summed E-state index contributed by atoms with van der Waals surface area (Å²) in [5.74, 6) is 1.02. The molecule has 0 aliphatic heterocycles. The second-order valence-electron chi connectivity index (χ2n) is 5.51. The average Bonchev–Trinajstić information content (AvgIpc) is 2.65. The zero-order valence-electron chi connectivity index (χ0n) is 14.2. The third-order valence-corrected chi connectivity index (χ3v) is 3.72. The summed E-state index contributed by atoms with van der Waals surface area (Å²) >= 11 is 0. The number of nitrogens with zero attached hydrogens (tertiary/aromatic N) is 2. The Balaban J connectivity index is 1.87. The predicted octanol–water partition coefficient (Wildman–Crippen LogP) is 4.57. The van der Waals surface area contributed by atoms with E-state index in [4.69, 9.17) is 10.5 Å². The van der Waals surface area contributed by atoms with E-state index in [1.807, 2.05) is 0 Å². The fourth-order valence-corrected chi connectivity index (χ4v) is 2.37. The molecule has 0 amide bonds. The first-order chi connectivity index (χ1) is 12.9. The number of alkyl halides is 3. The lowest BCUT2D eigenvalue weighted by molar-refractivity contribution is -0.136. The summed E-state index contributed by atoms with van der Waals surface area (Å²) in [6.45, 7) is 0. The van der Waals surface area contributed by atoms with Crippen molar-refractivity contribution in [1.82, 2.24) is 9.97 Å². The molecule has 1 heterocycles. The van der Waals surface area contributed by atoms with Gasteiger partial charge in [0.25, 0.3) is 0 Å². The average molecular weight is 375 g/mol. The van der Waals surface area contributed by atoms with Crippen molar-refractivity contribution in [2.24, 2.45) is 0 Å². The maximum absolute atomic E-state index is 13.2. The molecule has 3 aromatic rings. The quantitative estimate of drug-likeness (QED) is 0.606. The van der Waals surface area contributed by atoms with Gasteiger partial charge in [-0.25, -0.2) is 9.97 Å². The molecule has 6 nitrogen and oxygen atoms in total. The molecule has 0 spiro atoms. The maximum atomic E-state index is 13.2. The standard InChI is InChI=1S/C18H16F3N5O/c1-27-12-8-6-11(7-9-12)25-16-15(22)17(24-10-23-16)26-14-5-3-2-4-13(14)18(19,20)21/h2-10H,22H2,1H3,(H2,23,24,25,26). The van der Waals surface area contributed by atoms with E-state index in [1.165, 1.54) is 24.5 Å². The van der Waals surface area contributed by atoms with Gasteiger partial charge in [-0.3, -0.25) is 0 Å². The van der Waals surface area contributed by atoms with Gasteiger partial charge in [-0.2, -0.15) is 13.2 Å². The maximum Gasteiger partial charge on any atom is 0.418 e. The van der Waals surface area contributed by atoms with E-state index in [-0.39, 0.29) is 23.0 Å². The number of methoxy groups -OCH3 is 1. The van der Waals surface area contributed by atoms with Crippen LogP contribution < -0.4 is 21.1 Å². The second-order valence-corrected chi connectivity index (χ2v) is 5.51. The predicted molar refractivity (Wildman–Crippen MR) is 97.4 cm³/mol. The van der Waals surface area contributed by atoms with Gasteiger partial charge in [0, 0.05) is 5.69 Å². The van der Waals surface area contributed by atoms with E-state index in [2.05, 4.69) is 20.6 Å². The molecule has 0 radical (unpaired) electrons.